The molecule has 0 amide bonds. The van der Waals surface area contributed by atoms with Crippen LogP contribution in [0.4, 0.5) is 0 Å². The van der Waals surface area contributed by atoms with E-state index in [4.69, 9.17) is 9.47 Å². The molecule has 2 aromatic rings. The predicted octanol–water partition coefficient (Wildman–Crippen LogP) is 3.34. The number of benzene rings is 2. The monoisotopic (exact) mass is 258 g/mol. The van der Waals surface area contributed by atoms with Crippen LogP contribution in [0.2, 0.25) is 0 Å². The number of esters is 1. The summed E-state index contributed by atoms with van der Waals surface area (Å²) in [7, 11) is 1.40. The molecule has 0 saturated heterocycles. The summed E-state index contributed by atoms with van der Waals surface area (Å²) in [6.07, 6.45) is 0.397. The van der Waals surface area contributed by atoms with Gasteiger partial charge in [-0.15, -0.1) is 0 Å². The first-order chi connectivity index (χ1) is 9.11. The van der Waals surface area contributed by atoms with Gasteiger partial charge in [-0.2, -0.15) is 0 Å². The van der Waals surface area contributed by atoms with Crippen molar-refractivity contribution in [2.45, 2.75) is 26.4 Å². The lowest BCUT2D eigenvalue weighted by Crippen LogP contribution is -2.08. The molecule has 2 rings (SSSR count). The van der Waals surface area contributed by atoms with Gasteiger partial charge in [0.2, 0.25) is 0 Å². The lowest BCUT2D eigenvalue weighted by molar-refractivity contribution is -0.139. The van der Waals surface area contributed by atoms with E-state index in [1.807, 2.05) is 50.2 Å². The van der Waals surface area contributed by atoms with Gasteiger partial charge in [-0.1, -0.05) is 30.3 Å². The van der Waals surface area contributed by atoms with E-state index in [1.165, 1.54) is 7.11 Å². The quantitative estimate of drug-likeness (QED) is 0.789. The highest BCUT2D eigenvalue weighted by Gasteiger charge is 2.10. The standard InChI is InChI=1S/C16H18O3/c1-11(2)19-15-9-8-12(10-16(17)18-3)13-6-4-5-7-14(13)15/h4-9,11H,10H2,1-3H3. The first-order valence-electron chi connectivity index (χ1n) is 6.36. The second-order valence-electron chi connectivity index (χ2n) is 4.69. The molecule has 0 aliphatic carbocycles. The Bertz CT molecular complexity index is 588. The normalized spacial score (nSPS) is 10.7. The number of rotatable bonds is 4. The number of carbonyl (C=O) groups is 1. The molecule has 0 spiro atoms. The predicted molar refractivity (Wildman–Crippen MR) is 75.4 cm³/mol. The van der Waals surface area contributed by atoms with E-state index in [2.05, 4.69) is 0 Å². The molecule has 0 unspecified atom stereocenters. The van der Waals surface area contributed by atoms with Crippen molar-refractivity contribution in [3.05, 3.63) is 42.0 Å². The highest BCUT2D eigenvalue weighted by atomic mass is 16.5. The largest absolute Gasteiger partial charge is 0.490 e. The van der Waals surface area contributed by atoms with E-state index >= 15 is 0 Å². The van der Waals surface area contributed by atoms with Crippen LogP contribution in [0.3, 0.4) is 0 Å². The van der Waals surface area contributed by atoms with E-state index in [1.54, 1.807) is 0 Å². The summed E-state index contributed by atoms with van der Waals surface area (Å²) in [5.41, 5.74) is 0.957. The Hall–Kier alpha value is -2.03. The molecule has 19 heavy (non-hydrogen) atoms. The molecule has 0 radical (unpaired) electrons. The van der Waals surface area contributed by atoms with Crippen molar-refractivity contribution in [1.82, 2.24) is 0 Å². The smallest absolute Gasteiger partial charge is 0.309 e. The van der Waals surface area contributed by atoms with Gasteiger partial charge in [0.1, 0.15) is 5.75 Å². The summed E-state index contributed by atoms with van der Waals surface area (Å²) in [5, 5.41) is 2.06. The number of fused-ring (bicyclic) bond motifs is 1. The van der Waals surface area contributed by atoms with E-state index in [9.17, 15) is 4.79 Å². The molecule has 0 aliphatic heterocycles. The number of ether oxygens (including phenoxy) is 2. The van der Waals surface area contributed by atoms with Crippen molar-refractivity contribution >= 4 is 16.7 Å². The molecule has 3 heteroatoms. The van der Waals surface area contributed by atoms with Crippen LogP contribution in [0.5, 0.6) is 5.75 Å². The Balaban J connectivity index is 2.48. The molecule has 100 valence electrons. The SMILES string of the molecule is COC(=O)Cc1ccc(OC(C)C)c2ccccc12. The summed E-state index contributed by atoms with van der Waals surface area (Å²) in [6.45, 7) is 3.99. The van der Waals surface area contributed by atoms with E-state index in [-0.39, 0.29) is 18.5 Å². The highest BCUT2D eigenvalue weighted by molar-refractivity contribution is 5.93. The molecule has 3 nitrogen and oxygen atoms in total. The molecule has 0 atom stereocenters. The van der Waals surface area contributed by atoms with Crippen LogP contribution < -0.4 is 4.74 Å². The number of carbonyl (C=O) groups excluding carboxylic acids is 1. The molecule has 2 aromatic carbocycles. The van der Waals surface area contributed by atoms with E-state index < -0.39 is 0 Å². The Labute approximate surface area is 113 Å². The second kappa shape index (κ2) is 5.74. The third-order valence-electron chi connectivity index (χ3n) is 2.90. The zero-order chi connectivity index (χ0) is 13.8. The summed E-state index contributed by atoms with van der Waals surface area (Å²) in [6, 6.07) is 11.8. The summed E-state index contributed by atoms with van der Waals surface area (Å²) < 4.78 is 10.5. The first kappa shape index (κ1) is 13.4. The molecule has 0 aliphatic rings. The molecule has 0 saturated carbocycles. The number of methoxy groups -OCH3 is 1. The van der Waals surface area contributed by atoms with Crippen LogP contribution in [-0.4, -0.2) is 19.2 Å². The van der Waals surface area contributed by atoms with Gasteiger partial charge in [-0.05, 0) is 30.9 Å². The summed E-state index contributed by atoms with van der Waals surface area (Å²) in [4.78, 5) is 11.4. The van der Waals surface area contributed by atoms with Crippen LogP contribution >= 0.6 is 0 Å². The fraction of sp³-hybridized carbons (Fsp3) is 0.312. The zero-order valence-corrected chi connectivity index (χ0v) is 11.5. The molecule has 0 fully saturated rings. The van der Waals surface area contributed by atoms with Gasteiger partial charge in [0.25, 0.3) is 0 Å². The molecular weight excluding hydrogens is 240 g/mol. The van der Waals surface area contributed by atoms with Gasteiger partial charge in [-0.3, -0.25) is 4.79 Å². The van der Waals surface area contributed by atoms with E-state index in [0.29, 0.717) is 0 Å². The molecule has 0 heterocycles. The molecule has 0 aromatic heterocycles. The number of hydrogen-bond donors (Lipinski definition) is 0. The molecular formula is C16H18O3. The third kappa shape index (κ3) is 3.05. The second-order valence-corrected chi connectivity index (χ2v) is 4.69. The fourth-order valence-corrected chi connectivity index (χ4v) is 2.07. The lowest BCUT2D eigenvalue weighted by atomic mass is 10.0. The Morgan fingerprint density at radius 1 is 1.11 bits per heavy atom. The topological polar surface area (TPSA) is 35.5 Å². The number of hydrogen-bond acceptors (Lipinski definition) is 3. The van der Waals surface area contributed by atoms with Crippen LogP contribution in [-0.2, 0) is 16.0 Å². The maximum absolute atomic E-state index is 11.4. The molecule has 0 N–H and O–H groups in total. The van der Waals surface area contributed by atoms with Gasteiger partial charge in [0, 0.05) is 5.39 Å². The minimum absolute atomic E-state index is 0.120. The van der Waals surface area contributed by atoms with Crippen molar-refractivity contribution in [3.63, 3.8) is 0 Å². The van der Waals surface area contributed by atoms with Gasteiger partial charge < -0.3 is 9.47 Å². The van der Waals surface area contributed by atoms with Gasteiger partial charge in [0.05, 0.1) is 19.6 Å². The lowest BCUT2D eigenvalue weighted by Gasteiger charge is -2.14. The van der Waals surface area contributed by atoms with Crippen molar-refractivity contribution in [1.29, 1.82) is 0 Å². The maximum atomic E-state index is 11.4. The van der Waals surface area contributed by atoms with Gasteiger partial charge in [0.15, 0.2) is 0 Å². The summed E-state index contributed by atoms with van der Waals surface area (Å²) >= 11 is 0. The maximum Gasteiger partial charge on any atom is 0.309 e. The van der Waals surface area contributed by atoms with E-state index in [0.717, 1.165) is 22.1 Å². The molecule has 0 bridgehead atoms. The Kier molecular flexibility index (Phi) is 4.05. The van der Waals surface area contributed by atoms with Crippen molar-refractivity contribution in [2.75, 3.05) is 7.11 Å². The van der Waals surface area contributed by atoms with Crippen LogP contribution in [0, 0.1) is 0 Å². The van der Waals surface area contributed by atoms with Crippen molar-refractivity contribution in [3.8, 4) is 5.75 Å². The van der Waals surface area contributed by atoms with Crippen molar-refractivity contribution in [2.24, 2.45) is 0 Å². The minimum atomic E-state index is -0.234. The van der Waals surface area contributed by atoms with Crippen LogP contribution in [0.1, 0.15) is 19.4 Å². The van der Waals surface area contributed by atoms with Crippen molar-refractivity contribution < 1.29 is 14.3 Å². The zero-order valence-electron chi connectivity index (χ0n) is 11.5. The fourth-order valence-electron chi connectivity index (χ4n) is 2.07. The summed E-state index contributed by atoms with van der Waals surface area (Å²) in [5.74, 6) is 0.613. The highest BCUT2D eigenvalue weighted by Crippen LogP contribution is 2.29. The Morgan fingerprint density at radius 3 is 2.42 bits per heavy atom. The third-order valence-corrected chi connectivity index (χ3v) is 2.90. The Morgan fingerprint density at radius 2 is 1.79 bits per heavy atom. The average molecular weight is 258 g/mol. The average Bonchev–Trinajstić information content (AvgIpc) is 2.41. The van der Waals surface area contributed by atoms with Gasteiger partial charge >= 0.3 is 5.97 Å². The van der Waals surface area contributed by atoms with Gasteiger partial charge in [-0.25, -0.2) is 0 Å². The minimum Gasteiger partial charge on any atom is -0.490 e. The van der Waals surface area contributed by atoms with Crippen LogP contribution in [0.15, 0.2) is 36.4 Å². The van der Waals surface area contributed by atoms with Crippen LogP contribution in [0.25, 0.3) is 10.8 Å². The first-order valence-corrected chi connectivity index (χ1v) is 6.36.